The summed E-state index contributed by atoms with van der Waals surface area (Å²) in [6.07, 6.45) is 0.612. The fourth-order valence-corrected chi connectivity index (χ4v) is 3.83. The zero-order valence-corrected chi connectivity index (χ0v) is 18.6. The number of benzene rings is 3. The van der Waals surface area contributed by atoms with Gasteiger partial charge in [0.1, 0.15) is 23.4 Å². The van der Waals surface area contributed by atoms with Crippen LogP contribution in [0.3, 0.4) is 0 Å². The van der Waals surface area contributed by atoms with Gasteiger partial charge in [-0.3, -0.25) is 9.69 Å². The topological polar surface area (TPSA) is 83.8 Å². The second-order valence-corrected chi connectivity index (χ2v) is 7.49. The number of carbonyl (C=O) groups excluding carboxylic acids is 1. The molecule has 0 saturated heterocycles. The smallest absolute Gasteiger partial charge is 0.262 e. The van der Waals surface area contributed by atoms with Gasteiger partial charge in [-0.1, -0.05) is 24.3 Å². The van der Waals surface area contributed by atoms with Crippen LogP contribution in [0.25, 0.3) is 0 Å². The summed E-state index contributed by atoms with van der Waals surface area (Å²) in [5.74, 6) is 1.70. The molecule has 1 aliphatic rings. The van der Waals surface area contributed by atoms with E-state index in [1.165, 1.54) is 0 Å². The molecule has 3 aromatic rings. The highest BCUT2D eigenvalue weighted by molar-refractivity contribution is 6.12. The molecule has 0 aliphatic carbocycles. The van der Waals surface area contributed by atoms with Crippen molar-refractivity contribution in [3.05, 3.63) is 77.9 Å². The Hall–Kier alpha value is -4.18. The first-order chi connectivity index (χ1) is 16.2. The van der Waals surface area contributed by atoms with Gasteiger partial charge in [0, 0.05) is 18.2 Å². The average Bonchev–Trinajstić information content (AvgIpc) is 2.86. The third kappa shape index (κ3) is 4.55. The number of ether oxygens (including phenoxy) is 3. The molecule has 0 radical (unpaired) electrons. The Bertz CT molecular complexity index is 1190. The molecule has 1 heterocycles. The normalized spacial score (nSPS) is 14.6. The van der Waals surface area contributed by atoms with Crippen LogP contribution in [0.5, 0.6) is 17.2 Å². The van der Waals surface area contributed by atoms with Crippen molar-refractivity contribution in [3.8, 4) is 23.3 Å². The van der Waals surface area contributed by atoms with Crippen molar-refractivity contribution in [2.45, 2.75) is 19.0 Å². The van der Waals surface area contributed by atoms with Crippen LogP contribution < -0.4 is 24.4 Å². The lowest BCUT2D eigenvalue weighted by molar-refractivity contribution is 0.0974. The van der Waals surface area contributed by atoms with Crippen molar-refractivity contribution in [1.82, 2.24) is 0 Å². The standard InChI is InChI=1S/C26H25N3O4/c1-31-19-12-13-23(24(17-19)32-2)29-25(28-22-11-4-3-10-21(22)26(29)30)18-8-7-9-20(16-18)33-15-6-5-14-27/h3-4,7-13,16-17,25,28H,5-6,15H2,1-2H3. The fraction of sp³-hybridized carbons (Fsp3) is 0.231. The maximum absolute atomic E-state index is 13.7. The molecule has 1 amide bonds. The Kier molecular flexibility index (Phi) is 6.65. The Balaban J connectivity index is 1.76. The number of para-hydroxylation sites is 1. The number of nitrogens with one attached hydrogen (secondary N) is 1. The molecule has 7 heteroatoms. The third-order valence-corrected chi connectivity index (χ3v) is 5.45. The molecule has 1 aliphatic heterocycles. The number of rotatable bonds is 8. The molecule has 4 rings (SSSR count). The van der Waals surface area contributed by atoms with Gasteiger partial charge in [0.15, 0.2) is 0 Å². The Morgan fingerprint density at radius 3 is 2.64 bits per heavy atom. The van der Waals surface area contributed by atoms with Crippen molar-refractivity contribution in [3.63, 3.8) is 0 Å². The van der Waals surface area contributed by atoms with Crippen LogP contribution in [0.2, 0.25) is 0 Å². The Labute approximate surface area is 193 Å². The molecule has 0 saturated carbocycles. The zero-order valence-electron chi connectivity index (χ0n) is 18.6. The van der Waals surface area contributed by atoms with Crippen LogP contribution in [0, 0.1) is 11.3 Å². The lowest BCUT2D eigenvalue weighted by Crippen LogP contribution is -2.43. The fourth-order valence-electron chi connectivity index (χ4n) is 3.83. The van der Waals surface area contributed by atoms with Crippen molar-refractivity contribution in [1.29, 1.82) is 5.26 Å². The number of hydrogen-bond donors (Lipinski definition) is 1. The van der Waals surface area contributed by atoms with E-state index in [0.29, 0.717) is 47.9 Å². The van der Waals surface area contributed by atoms with Gasteiger partial charge in [0.25, 0.3) is 5.91 Å². The number of hydrogen-bond acceptors (Lipinski definition) is 6. The lowest BCUT2D eigenvalue weighted by Gasteiger charge is -2.38. The monoisotopic (exact) mass is 443 g/mol. The number of fused-ring (bicyclic) bond motifs is 1. The minimum absolute atomic E-state index is 0.141. The quantitative estimate of drug-likeness (QED) is 0.484. The summed E-state index contributed by atoms with van der Waals surface area (Å²) in [4.78, 5) is 15.4. The molecule has 0 bridgehead atoms. The van der Waals surface area contributed by atoms with Crippen molar-refractivity contribution < 1.29 is 19.0 Å². The molecule has 7 nitrogen and oxygen atoms in total. The highest BCUT2D eigenvalue weighted by Crippen LogP contribution is 2.42. The van der Waals surface area contributed by atoms with E-state index in [9.17, 15) is 4.79 Å². The van der Waals surface area contributed by atoms with E-state index in [1.807, 2.05) is 48.5 Å². The number of amides is 1. The first kappa shape index (κ1) is 22.0. The minimum Gasteiger partial charge on any atom is -0.497 e. The molecular weight excluding hydrogens is 418 g/mol. The second-order valence-electron chi connectivity index (χ2n) is 7.49. The van der Waals surface area contributed by atoms with E-state index in [-0.39, 0.29) is 5.91 Å². The molecule has 1 atom stereocenters. The maximum Gasteiger partial charge on any atom is 0.262 e. The van der Waals surface area contributed by atoms with E-state index >= 15 is 0 Å². The highest BCUT2D eigenvalue weighted by atomic mass is 16.5. The lowest BCUT2D eigenvalue weighted by atomic mass is 10.0. The predicted octanol–water partition coefficient (Wildman–Crippen LogP) is 5.16. The SMILES string of the molecule is COc1ccc(N2C(=O)c3ccccc3NC2c2cccc(OCCCC#N)c2)c(OC)c1. The van der Waals surface area contributed by atoms with Crippen LogP contribution in [-0.2, 0) is 0 Å². The number of nitriles is 1. The Morgan fingerprint density at radius 2 is 1.85 bits per heavy atom. The van der Waals surface area contributed by atoms with E-state index < -0.39 is 6.17 Å². The molecule has 1 N–H and O–H groups in total. The molecule has 1 unspecified atom stereocenters. The van der Waals surface area contributed by atoms with Gasteiger partial charge in [-0.25, -0.2) is 0 Å². The second kappa shape index (κ2) is 9.96. The molecule has 0 spiro atoms. The summed E-state index contributed by atoms with van der Waals surface area (Å²) in [5.41, 5.74) is 2.82. The maximum atomic E-state index is 13.7. The van der Waals surface area contributed by atoms with Crippen molar-refractivity contribution in [2.24, 2.45) is 0 Å². The summed E-state index contributed by atoms with van der Waals surface area (Å²) in [5, 5.41) is 12.2. The van der Waals surface area contributed by atoms with Gasteiger partial charge in [0.2, 0.25) is 0 Å². The molecule has 168 valence electrons. The average molecular weight is 444 g/mol. The molecule has 3 aromatic carbocycles. The first-order valence-corrected chi connectivity index (χ1v) is 10.7. The van der Waals surface area contributed by atoms with Gasteiger partial charge >= 0.3 is 0 Å². The zero-order chi connectivity index (χ0) is 23.2. The molecule has 0 aromatic heterocycles. The van der Waals surface area contributed by atoms with Crippen LogP contribution in [0.4, 0.5) is 11.4 Å². The van der Waals surface area contributed by atoms with Crippen LogP contribution in [0.1, 0.15) is 34.9 Å². The van der Waals surface area contributed by atoms with Crippen molar-refractivity contribution in [2.75, 3.05) is 31.0 Å². The summed E-state index contributed by atoms with van der Waals surface area (Å²) in [6.45, 7) is 0.451. The summed E-state index contributed by atoms with van der Waals surface area (Å²) >= 11 is 0. The predicted molar refractivity (Wildman–Crippen MR) is 126 cm³/mol. The summed E-state index contributed by atoms with van der Waals surface area (Å²) < 4.78 is 16.8. The summed E-state index contributed by atoms with van der Waals surface area (Å²) in [7, 11) is 3.15. The number of nitrogens with zero attached hydrogens (tertiary/aromatic N) is 2. The third-order valence-electron chi connectivity index (χ3n) is 5.45. The van der Waals surface area contributed by atoms with Crippen LogP contribution >= 0.6 is 0 Å². The number of unbranched alkanes of at least 4 members (excludes halogenated alkanes) is 1. The van der Waals surface area contributed by atoms with E-state index in [0.717, 1.165) is 11.3 Å². The van der Waals surface area contributed by atoms with E-state index in [2.05, 4.69) is 11.4 Å². The number of carbonyl (C=O) groups is 1. The largest absolute Gasteiger partial charge is 0.497 e. The van der Waals surface area contributed by atoms with Crippen LogP contribution in [-0.4, -0.2) is 26.7 Å². The molecule has 0 fully saturated rings. The van der Waals surface area contributed by atoms with Crippen LogP contribution in [0.15, 0.2) is 66.7 Å². The molecular formula is C26H25N3O4. The van der Waals surface area contributed by atoms with Gasteiger partial charge in [-0.15, -0.1) is 0 Å². The minimum atomic E-state index is -0.489. The Morgan fingerprint density at radius 1 is 1.00 bits per heavy atom. The van der Waals surface area contributed by atoms with E-state index in [1.54, 1.807) is 37.3 Å². The van der Waals surface area contributed by atoms with Crippen molar-refractivity contribution >= 4 is 17.3 Å². The van der Waals surface area contributed by atoms with Gasteiger partial charge in [0.05, 0.1) is 38.1 Å². The first-order valence-electron chi connectivity index (χ1n) is 10.7. The summed E-state index contributed by atoms with van der Waals surface area (Å²) in [6, 6.07) is 22.6. The highest BCUT2D eigenvalue weighted by Gasteiger charge is 2.35. The van der Waals surface area contributed by atoms with Gasteiger partial charge in [-0.05, 0) is 48.4 Å². The van der Waals surface area contributed by atoms with E-state index in [4.69, 9.17) is 19.5 Å². The number of anilines is 2. The van der Waals surface area contributed by atoms with Gasteiger partial charge in [-0.2, -0.15) is 5.26 Å². The molecule has 33 heavy (non-hydrogen) atoms. The van der Waals surface area contributed by atoms with Gasteiger partial charge < -0.3 is 19.5 Å². The number of methoxy groups -OCH3 is 2.